The van der Waals surface area contributed by atoms with E-state index < -0.39 is 6.16 Å². The molecule has 0 bridgehead atoms. The number of aromatic nitrogens is 1. The van der Waals surface area contributed by atoms with E-state index in [1.807, 2.05) is 0 Å². The Bertz CT molecular complexity index is 330. The van der Waals surface area contributed by atoms with Gasteiger partial charge in [-0.05, 0) is 22.0 Å². The molecule has 13 heavy (non-hydrogen) atoms. The number of ether oxygens (including phenoxy) is 2. The molecule has 0 atom stereocenters. The van der Waals surface area contributed by atoms with E-state index in [0.29, 0.717) is 4.47 Å². The number of nitrogen functional groups attached to an aromatic ring is 1. The number of hydrogen-bond donors (Lipinski definition) is 1. The average molecular weight is 247 g/mol. The van der Waals surface area contributed by atoms with E-state index in [1.165, 1.54) is 13.2 Å². The summed E-state index contributed by atoms with van der Waals surface area (Å²) in [5.41, 5.74) is 5.45. The van der Waals surface area contributed by atoms with E-state index >= 15 is 0 Å². The first-order valence-corrected chi connectivity index (χ1v) is 4.10. The van der Waals surface area contributed by atoms with Gasteiger partial charge in [0.05, 0.1) is 11.6 Å². The maximum Gasteiger partial charge on any atom is 0.514 e. The predicted octanol–water partition coefficient (Wildman–Crippen LogP) is 1.57. The normalized spacial score (nSPS) is 9.38. The molecule has 0 spiro atoms. The molecule has 0 aliphatic carbocycles. The number of halogens is 1. The Balaban J connectivity index is 2.79. The summed E-state index contributed by atoms with van der Waals surface area (Å²) in [4.78, 5) is 14.4. The number of carbonyl (C=O) groups excluding carboxylic acids is 1. The average Bonchev–Trinajstić information content (AvgIpc) is 2.11. The maximum absolute atomic E-state index is 10.6. The van der Waals surface area contributed by atoms with Gasteiger partial charge in [0.25, 0.3) is 0 Å². The Morgan fingerprint density at radius 3 is 2.85 bits per heavy atom. The fourth-order valence-electron chi connectivity index (χ4n) is 0.623. The molecule has 6 heteroatoms. The number of hydrogen-bond acceptors (Lipinski definition) is 5. The summed E-state index contributed by atoms with van der Waals surface area (Å²) >= 11 is 3.15. The molecule has 1 aromatic heterocycles. The van der Waals surface area contributed by atoms with Crippen molar-refractivity contribution in [3.63, 3.8) is 0 Å². The third-order valence-corrected chi connectivity index (χ3v) is 1.87. The molecular formula is C7H7BrN2O3. The lowest BCUT2D eigenvalue weighted by molar-refractivity contribution is 0.120. The van der Waals surface area contributed by atoms with Gasteiger partial charge in [-0.25, -0.2) is 4.79 Å². The standard InChI is InChI=1S/C7H7BrN2O3/c1-12-7(11)13-5-3-2-4(8)6(9)10-5/h2-3H,1H3,(H2,9,10). The van der Waals surface area contributed by atoms with Crippen molar-refractivity contribution in [3.05, 3.63) is 16.6 Å². The highest BCUT2D eigenvalue weighted by Gasteiger charge is 2.06. The van der Waals surface area contributed by atoms with Crippen LogP contribution in [-0.4, -0.2) is 18.2 Å². The first-order valence-electron chi connectivity index (χ1n) is 3.31. The molecule has 1 aromatic rings. The molecular weight excluding hydrogens is 240 g/mol. The van der Waals surface area contributed by atoms with E-state index in [4.69, 9.17) is 5.73 Å². The number of pyridine rings is 1. The van der Waals surface area contributed by atoms with Crippen LogP contribution < -0.4 is 10.5 Å². The van der Waals surface area contributed by atoms with E-state index in [0.717, 1.165) is 0 Å². The van der Waals surface area contributed by atoms with Crippen molar-refractivity contribution in [1.29, 1.82) is 0 Å². The topological polar surface area (TPSA) is 74.4 Å². The monoisotopic (exact) mass is 246 g/mol. The lowest BCUT2D eigenvalue weighted by atomic mass is 10.4. The molecule has 0 unspecified atom stereocenters. The van der Waals surface area contributed by atoms with Gasteiger partial charge in [-0.3, -0.25) is 0 Å². The number of methoxy groups -OCH3 is 1. The van der Waals surface area contributed by atoms with Gasteiger partial charge >= 0.3 is 6.16 Å². The van der Waals surface area contributed by atoms with Crippen LogP contribution in [0, 0.1) is 0 Å². The molecule has 0 saturated carbocycles. The van der Waals surface area contributed by atoms with Crippen molar-refractivity contribution in [2.45, 2.75) is 0 Å². The van der Waals surface area contributed by atoms with Crippen LogP contribution in [0.2, 0.25) is 0 Å². The lowest BCUT2D eigenvalue weighted by Crippen LogP contribution is -2.08. The lowest BCUT2D eigenvalue weighted by Gasteiger charge is -2.02. The quantitative estimate of drug-likeness (QED) is 0.762. The Kier molecular flexibility index (Phi) is 3.07. The van der Waals surface area contributed by atoms with E-state index in [1.54, 1.807) is 6.07 Å². The van der Waals surface area contributed by atoms with Gasteiger partial charge in [-0.2, -0.15) is 4.98 Å². The first kappa shape index (κ1) is 9.79. The third kappa shape index (κ3) is 2.59. The largest absolute Gasteiger partial charge is 0.514 e. The van der Waals surface area contributed by atoms with Gasteiger partial charge in [0.15, 0.2) is 0 Å². The number of rotatable bonds is 1. The molecule has 0 radical (unpaired) electrons. The second-order valence-corrected chi connectivity index (χ2v) is 2.93. The zero-order chi connectivity index (χ0) is 9.84. The molecule has 0 aliphatic heterocycles. The van der Waals surface area contributed by atoms with Crippen molar-refractivity contribution < 1.29 is 14.3 Å². The number of nitrogens with zero attached hydrogens (tertiary/aromatic N) is 1. The zero-order valence-corrected chi connectivity index (χ0v) is 8.37. The molecule has 5 nitrogen and oxygen atoms in total. The fraction of sp³-hybridized carbons (Fsp3) is 0.143. The van der Waals surface area contributed by atoms with Crippen LogP contribution >= 0.6 is 15.9 Å². The number of anilines is 1. The molecule has 0 amide bonds. The Morgan fingerprint density at radius 1 is 1.62 bits per heavy atom. The summed E-state index contributed by atoms with van der Waals surface area (Å²) in [6.45, 7) is 0. The van der Waals surface area contributed by atoms with Crippen molar-refractivity contribution in [1.82, 2.24) is 4.98 Å². The fourth-order valence-corrected chi connectivity index (χ4v) is 0.844. The molecule has 2 N–H and O–H groups in total. The summed E-state index contributed by atoms with van der Waals surface area (Å²) < 4.78 is 9.54. The van der Waals surface area contributed by atoms with Gasteiger partial charge in [-0.1, -0.05) is 0 Å². The summed E-state index contributed by atoms with van der Waals surface area (Å²) in [5.74, 6) is 0.356. The van der Waals surface area contributed by atoms with Crippen LogP contribution in [0.15, 0.2) is 16.6 Å². The van der Waals surface area contributed by atoms with E-state index in [-0.39, 0.29) is 11.7 Å². The van der Waals surface area contributed by atoms with Crippen molar-refractivity contribution >= 4 is 27.9 Å². The molecule has 1 heterocycles. The van der Waals surface area contributed by atoms with Crippen LogP contribution in [0.3, 0.4) is 0 Å². The van der Waals surface area contributed by atoms with Crippen molar-refractivity contribution in [2.24, 2.45) is 0 Å². The van der Waals surface area contributed by atoms with E-state index in [2.05, 4.69) is 30.4 Å². The van der Waals surface area contributed by atoms with Crippen LogP contribution in [-0.2, 0) is 4.74 Å². The second kappa shape index (κ2) is 4.08. The van der Waals surface area contributed by atoms with E-state index in [9.17, 15) is 4.79 Å². The highest BCUT2D eigenvalue weighted by atomic mass is 79.9. The minimum Gasteiger partial charge on any atom is -0.437 e. The van der Waals surface area contributed by atoms with Gasteiger partial charge in [0.2, 0.25) is 5.88 Å². The summed E-state index contributed by atoms with van der Waals surface area (Å²) in [6, 6.07) is 3.12. The smallest absolute Gasteiger partial charge is 0.437 e. The Morgan fingerprint density at radius 2 is 2.31 bits per heavy atom. The minimum absolute atomic E-state index is 0.104. The van der Waals surface area contributed by atoms with Gasteiger partial charge in [0, 0.05) is 6.07 Å². The number of carbonyl (C=O) groups is 1. The number of nitrogens with two attached hydrogens (primary N) is 1. The molecule has 0 saturated heterocycles. The minimum atomic E-state index is -0.825. The van der Waals surface area contributed by atoms with Gasteiger partial charge in [-0.15, -0.1) is 0 Å². The zero-order valence-electron chi connectivity index (χ0n) is 6.78. The highest BCUT2D eigenvalue weighted by Crippen LogP contribution is 2.20. The Labute approximate surface area is 83.0 Å². The predicted molar refractivity (Wildman–Crippen MR) is 49.4 cm³/mol. The summed E-state index contributed by atoms with van der Waals surface area (Å²) in [7, 11) is 1.21. The second-order valence-electron chi connectivity index (χ2n) is 2.07. The van der Waals surface area contributed by atoms with Crippen LogP contribution in [0.4, 0.5) is 10.6 Å². The van der Waals surface area contributed by atoms with Crippen molar-refractivity contribution in [3.8, 4) is 5.88 Å². The molecule has 0 aliphatic rings. The van der Waals surface area contributed by atoms with Gasteiger partial charge in [0.1, 0.15) is 5.82 Å². The molecule has 1 rings (SSSR count). The van der Waals surface area contributed by atoms with Crippen LogP contribution in [0.25, 0.3) is 0 Å². The van der Waals surface area contributed by atoms with Crippen LogP contribution in [0.1, 0.15) is 0 Å². The van der Waals surface area contributed by atoms with Gasteiger partial charge < -0.3 is 15.2 Å². The van der Waals surface area contributed by atoms with Crippen molar-refractivity contribution in [2.75, 3.05) is 12.8 Å². The highest BCUT2D eigenvalue weighted by molar-refractivity contribution is 9.10. The third-order valence-electron chi connectivity index (χ3n) is 1.20. The summed E-state index contributed by atoms with van der Waals surface area (Å²) in [5, 5.41) is 0. The molecule has 0 aromatic carbocycles. The van der Waals surface area contributed by atoms with Crippen LogP contribution in [0.5, 0.6) is 5.88 Å². The first-order chi connectivity index (χ1) is 6.13. The molecule has 70 valence electrons. The molecule has 0 fully saturated rings. The Hall–Kier alpha value is -1.30. The maximum atomic E-state index is 10.6. The summed E-state index contributed by atoms with van der Waals surface area (Å²) in [6.07, 6.45) is -0.825. The SMILES string of the molecule is COC(=O)Oc1ccc(Br)c(N)n1.